The molecule has 0 atom stereocenters. The Hall–Kier alpha value is -2.06. The van der Waals surface area contributed by atoms with Crippen molar-refractivity contribution in [3.8, 4) is 5.69 Å². The average molecular weight is 390 g/mol. The van der Waals surface area contributed by atoms with Crippen molar-refractivity contribution in [3.63, 3.8) is 0 Å². The molecule has 2 aromatic rings. The zero-order valence-corrected chi connectivity index (χ0v) is 17.2. The first-order valence-corrected chi connectivity index (χ1v) is 10.1. The zero-order valence-electron chi connectivity index (χ0n) is 16.4. The molecule has 1 aromatic heterocycles. The van der Waals surface area contributed by atoms with Gasteiger partial charge < -0.3 is 15.0 Å². The predicted molar refractivity (Wildman–Crippen MR) is 108 cm³/mol. The van der Waals surface area contributed by atoms with Crippen molar-refractivity contribution in [2.24, 2.45) is 0 Å². The second kappa shape index (κ2) is 8.31. The number of carbonyl (C=O) groups excluding carboxylic acids is 1. The van der Waals surface area contributed by atoms with Gasteiger partial charge >= 0.3 is 0 Å². The van der Waals surface area contributed by atoms with E-state index in [1.54, 1.807) is 0 Å². The van der Waals surface area contributed by atoms with Gasteiger partial charge in [0, 0.05) is 18.6 Å². The number of aromatic nitrogens is 3. The summed E-state index contributed by atoms with van der Waals surface area (Å²) in [6.45, 7) is 10.9. The molecule has 0 saturated carbocycles. The molecule has 1 aliphatic heterocycles. The first kappa shape index (κ1) is 19.7. The lowest BCUT2D eigenvalue weighted by Crippen LogP contribution is -2.41. The standard InChI is InChI=1S/C19H27N5O2S/c1-14-5-7-15(8-6-14)24-17(23-9-11-26-12-10-23)21-22-18(24)27-13-16(25)20-19(2,3)4/h5-8H,9-13H2,1-4H3,(H,20,25). The molecule has 1 aliphatic rings. The first-order valence-electron chi connectivity index (χ1n) is 9.12. The Morgan fingerprint density at radius 1 is 1.19 bits per heavy atom. The van der Waals surface area contributed by atoms with E-state index in [0.717, 1.165) is 24.7 Å². The van der Waals surface area contributed by atoms with Crippen molar-refractivity contribution >= 4 is 23.6 Å². The molecule has 7 nitrogen and oxygen atoms in total. The number of aryl methyl sites for hydroxylation is 1. The molecule has 1 amide bonds. The number of ether oxygens (including phenoxy) is 1. The van der Waals surface area contributed by atoms with Crippen LogP contribution in [-0.2, 0) is 9.53 Å². The number of rotatable bonds is 5. The first-order chi connectivity index (χ1) is 12.8. The van der Waals surface area contributed by atoms with E-state index in [0.29, 0.717) is 24.1 Å². The second-order valence-corrected chi connectivity index (χ2v) is 8.58. The molecule has 0 unspecified atom stereocenters. The molecule has 3 rings (SSSR count). The third kappa shape index (κ3) is 5.23. The molecule has 27 heavy (non-hydrogen) atoms. The van der Waals surface area contributed by atoms with E-state index in [2.05, 4.69) is 51.6 Å². The van der Waals surface area contributed by atoms with Gasteiger partial charge in [-0.1, -0.05) is 29.5 Å². The maximum Gasteiger partial charge on any atom is 0.232 e. The van der Waals surface area contributed by atoms with E-state index >= 15 is 0 Å². The molecule has 146 valence electrons. The Bertz CT molecular complexity index is 776. The van der Waals surface area contributed by atoms with Gasteiger partial charge in [-0.3, -0.25) is 9.36 Å². The molecule has 0 radical (unpaired) electrons. The lowest BCUT2D eigenvalue weighted by molar-refractivity contribution is -0.119. The fourth-order valence-corrected chi connectivity index (χ4v) is 3.58. The van der Waals surface area contributed by atoms with Crippen molar-refractivity contribution < 1.29 is 9.53 Å². The molecule has 0 aliphatic carbocycles. The van der Waals surface area contributed by atoms with Gasteiger partial charge in [-0.2, -0.15) is 0 Å². The summed E-state index contributed by atoms with van der Waals surface area (Å²) >= 11 is 1.40. The molecule has 0 bridgehead atoms. The minimum atomic E-state index is -0.249. The maximum absolute atomic E-state index is 12.2. The number of nitrogens with one attached hydrogen (secondary N) is 1. The van der Waals surface area contributed by atoms with E-state index in [9.17, 15) is 4.79 Å². The summed E-state index contributed by atoms with van der Waals surface area (Å²) < 4.78 is 7.48. The number of benzene rings is 1. The lowest BCUT2D eigenvalue weighted by Gasteiger charge is -2.28. The van der Waals surface area contributed by atoms with Gasteiger partial charge in [0.1, 0.15) is 0 Å². The molecular weight excluding hydrogens is 362 g/mol. The van der Waals surface area contributed by atoms with Gasteiger partial charge in [0.15, 0.2) is 5.16 Å². The van der Waals surface area contributed by atoms with Crippen LogP contribution in [0.4, 0.5) is 5.95 Å². The highest BCUT2D eigenvalue weighted by Gasteiger charge is 2.23. The van der Waals surface area contributed by atoms with Crippen LogP contribution in [0.15, 0.2) is 29.4 Å². The number of anilines is 1. The average Bonchev–Trinajstić information content (AvgIpc) is 3.04. The Labute approximate surface area is 164 Å². The lowest BCUT2D eigenvalue weighted by atomic mass is 10.1. The molecule has 2 heterocycles. The third-order valence-corrected chi connectivity index (χ3v) is 4.98. The summed E-state index contributed by atoms with van der Waals surface area (Å²) in [5.74, 6) is 1.07. The van der Waals surface area contributed by atoms with Crippen LogP contribution in [0.1, 0.15) is 26.3 Å². The highest BCUT2D eigenvalue weighted by molar-refractivity contribution is 7.99. The number of hydrogen-bond donors (Lipinski definition) is 1. The van der Waals surface area contributed by atoms with Crippen LogP contribution in [0.3, 0.4) is 0 Å². The Balaban J connectivity index is 1.85. The molecule has 1 N–H and O–H groups in total. The van der Waals surface area contributed by atoms with Crippen LogP contribution >= 0.6 is 11.8 Å². The molecular formula is C19H27N5O2S. The number of morpholine rings is 1. The van der Waals surface area contributed by atoms with Gasteiger partial charge in [-0.15, -0.1) is 10.2 Å². The van der Waals surface area contributed by atoms with Gasteiger partial charge in [0.2, 0.25) is 11.9 Å². The Kier molecular flexibility index (Phi) is 6.06. The van der Waals surface area contributed by atoms with Crippen LogP contribution in [0.25, 0.3) is 5.69 Å². The van der Waals surface area contributed by atoms with Crippen LogP contribution in [0.5, 0.6) is 0 Å². The van der Waals surface area contributed by atoms with E-state index in [1.165, 1.54) is 17.3 Å². The van der Waals surface area contributed by atoms with E-state index in [4.69, 9.17) is 4.74 Å². The number of nitrogens with zero attached hydrogens (tertiary/aromatic N) is 4. The summed E-state index contributed by atoms with van der Waals surface area (Å²) in [5.41, 5.74) is 1.94. The summed E-state index contributed by atoms with van der Waals surface area (Å²) in [6, 6.07) is 8.25. The molecule has 0 spiro atoms. The minimum Gasteiger partial charge on any atom is -0.378 e. The third-order valence-electron chi connectivity index (χ3n) is 4.05. The molecule has 1 aromatic carbocycles. The minimum absolute atomic E-state index is 0.0149. The largest absolute Gasteiger partial charge is 0.378 e. The van der Waals surface area contributed by atoms with Crippen molar-refractivity contribution in [1.82, 2.24) is 20.1 Å². The van der Waals surface area contributed by atoms with Crippen LogP contribution < -0.4 is 10.2 Å². The van der Waals surface area contributed by atoms with Crippen LogP contribution in [-0.4, -0.2) is 58.3 Å². The maximum atomic E-state index is 12.2. The Morgan fingerprint density at radius 3 is 2.48 bits per heavy atom. The summed E-state index contributed by atoms with van der Waals surface area (Å²) in [6.07, 6.45) is 0. The van der Waals surface area contributed by atoms with Crippen LogP contribution in [0, 0.1) is 6.92 Å². The van der Waals surface area contributed by atoms with Crippen molar-refractivity contribution in [1.29, 1.82) is 0 Å². The van der Waals surface area contributed by atoms with Crippen molar-refractivity contribution in [2.45, 2.75) is 38.4 Å². The van der Waals surface area contributed by atoms with E-state index < -0.39 is 0 Å². The zero-order chi connectivity index (χ0) is 19.4. The topological polar surface area (TPSA) is 72.3 Å². The highest BCUT2D eigenvalue weighted by atomic mass is 32.2. The van der Waals surface area contributed by atoms with Crippen molar-refractivity contribution in [3.05, 3.63) is 29.8 Å². The number of thioether (sulfide) groups is 1. The summed E-state index contributed by atoms with van der Waals surface area (Å²) in [4.78, 5) is 14.4. The van der Waals surface area contributed by atoms with Gasteiger partial charge in [0.25, 0.3) is 0 Å². The fraction of sp³-hybridized carbons (Fsp3) is 0.526. The van der Waals surface area contributed by atoms with E-state index in [-0.39, 0.29) is 11.4 Å². The van der Waals surface area contributed by atoms with Gasteiger partial charge in [-0.05, 0) is 39.8 Å². The van der Waals surface area contributed by atoms with E-state index in [1.807, 2.05) is 25.3 Å². The number of amides is 1. The Morgan fingerprint density at radius 2 is 1.85 bits per heavy atom. The molecule has 8 heteroatoms. The number of carbonyl (C=O) groups is 1. The molecule has 1 fully saturated rings. The fourth-order valence-electron chi connectivity index (χ4n) is 2.83. The van der Waals surface area contributed by atoms with Gasteiger partial charge in [0.05, 0.1) is 24.7 Å². The second-order valence-electron chi connectivity index (χ2n) is 7.64. The molecule has 1 saturated heterocycles. The smallest absolute Gasteiger partial charge is 0.232 e. The summed E-state index contributed by atoms with van der Waals surface area (Å²) in [7, 11) is 0. The monoisotopic (exact) mass is 389 g/mol. The predicted octanol–water partition coefficient (Wildman–Crippen LogP) is 2.42. The highest BCUT2D eigenvalue weighted by Crippen LogP contribution is 2.27. The normalized spacial score (nSPS) is 15.0. The number of hydrogen-bond acceptors (Lipinski definition) is 6. The van der Waals surface area contributed by atoms with Crippen LogP contribution in [0.2, 0.25) is 0 Å². The van der Waals surface area contributed by atoms with Gasteiger partial charge in [-0.25, -0.2) is 0 Å². The quantitative estimate of drug-likeness (QED) is 0.792. The summed E-state index contributed by atoms with van der Waals surface area (Å²) in [5, 5.41) is 12.5. The van der Waals surface area contributed by atoms with Crippen molar-refractivity contribution in [2.75, 3.05) is 37.0 Å². The SMILES string of the molecule is Cc1ccc(-n2c(SCC(=O)NC(C)(C)C)nnc2N2CCOCC2)cc1.